The summed E-state index contributed by atoms with van der Waals surface area (Å²) in [5.41, 5.74) is 13.0. The van der Waals surface area contributed by atoms with Gasteiger partial charge in [0.2, 0.25) is 0 Å². The van der Waals surface area contributed by atoms with Gasteiger partial charge in [-0.2, -0.15) is 0 Å². The fraction of sp³-hybridized carbons (Fsp3) is 0.643. The van der Waals surface area contributed by atoms with Crippen LogP contribution in [0, 0.1) is 0 Å². The van der Waals surface area contributed by atoms with Gasteiger partial charge in [-0.3, -0.25) is 0 Å². The normalized spacial score (nSPS) is 14.8. The Morgan fingerprint density at radius 2 is 0.932 bits per heavy atom. The molecule has 5 aromatic rings. The predicted molar refractivity (Wildman–Crippen MR) is 266 cm³/mol. The van der Waals surface area contributed by atoms with Crippen LogP contribution in [0.2, 0.25) is 0 Å². The van der Waals surface area contributed by atoms with Crippen molar-refractivity contribution in [2.75, 3.05) is 0 Å². The second kappa shape index (κ2) is 20.7. The van der Waals surface area contributed by atoms with E-state index in [0.29, 0.717) is 0 Å². The number of hydrogen-bond acceptors (Lipinski definition) is 2. The molecule has 0 bridgehead atoms. The first-order valence-electron chi connectivity index (χ1n) is 25.4. The highest BCUT2D eigenvalue weighted by Gasteiger charge is 2.47. The van der Waals surface area contributed by atoms with Gasteiger partial charge in [0.05, 0.1) is 10.2 Å². The largest absolute Gasteiger partial charge is 0.344 e. The van der Waals surface area contributed by atoms with Gasteiger partial charge in [0.15, 0.2) is 0 Å². The molecule has 0 atom stereocenters. The molecule has 2 aromatic carbocycles. The monoisotopic (exact) mass is 832 g/mol. The van der Waals surface area contributed by atoms with E-state index in [1.165, 1.54) is 170 Å². The SMILES string of the molecule is CCCCCCCCCCCCc1cc2c(s1)-c1c(ccc3c4c(ccc13)C(CC)(CC)c1c-4sc3cc(CCCCCCCCCCCC)n(CC)c13)C2(CC)CC. The van der Waals surface area contributed by atoms with E-state index in [9.17, 15) is 0 Å². The fourth-order valence-corrected chi connectivity index (χ4v) is 14.8. The molecule has 7 rings (SSSR count). The maximum atomic E-state index is 2.75. The molecule has 322 valence electrons. The molecule has 0 saturated carbocycles. The summed E-state index contributed by atoms with van der Waals surface area (Å²) < 4.78 is 4.28. The lowest BCUT2D eigenvalue weighted by molar-refractivity contribution is 0.491. The van der Waals surface area contributed by atoms with E-state index in [2.05, 4.69) is 112 Å². The lowest BCUT2D eigenvalue weighted by atomic mass is 9.72. The Morgan fingerprint density at radius 1 is 0.458 bits per heavy atom. The maximum absolute atomic E-state index is 2.75. The molecule has 59 heavy (non-hydrogen) atoms. The average molecular weight is 832 g/mol. The number of benzene rings is 2. The molecule has 0 unspecified atom stereocenters. The van der Waals surface area contributed by atoms with E-state index < -0.39 is 0 Å². The van der Waals surface area contributed by atoms with Crippen molar-refractivity contribution in [3.05, 3.63) is 69.2 Å². The lowest BCUT2D eigenvalue weighted by Crippen LogP contribution is -2.24. The van der Waals surface area contributed by atoms with Gasteiger partial charge in [0.25, 0.3) is 0 Å². The summed E-state index contributed by atoms with van der Waals surface area (Å²) in [7, 11) is 0. The Morgan fingerprint density at radius 3 is 1.44 bits per heavy atom. The summed E-state index contributed by atoms with van der Waals surface area (Å²) in [5, 5.41) is 3.01. The van der Waals surface area contributed by atoms with Crippen LogP contribution in [0.5, 0.6) is 0 Å². The minimum atomic E-state index is 0.0721. The summed E-state index contributed by atoms with van der Waals surface area (Å²) in [6.45, 7) is 17.9. The highest BCUT2D eigenvalue weighted by Crippen LogP contribution is 2.63. The van der Waals surface area contributed by atoms with Crippen LogP contribution in [0.15, 0.2) is 36.4 Å². The molecular weight excluding hydrogens is 751 g/mol. The first-order chi connectivity index (χ1) is 29.0. The van der Waals surface area contributed by atoms with Gasteiger partial charge in [-0.1, -0.05) is 181 Å². The van der Waals surface area contributed by atoms with E-state index in [4.69, 9.17) is 0 Å². The molecule has 0 N–H and O–H groups in total. The van der Waals surface area contributed by atoms with Crippen LogP contribution < -0.4 is 0 Å². The van der Waals surface area contributed by atoms with Gasteiger partial charge in [0.1, 0.15) is 0 Å². The third-order valence-corrected chi connectivity index (χ3v) is 17.9. The molecule has 1 nitrogen and oxygen atoms in total. The summed E-state index contributed by atoms with van der Waals surface area (Å²) in [5.74, 6) is 0. The van der Waals surface area contributed by atoms with E-state index in [0.717, 1.165) is 19.4 Å². The smallest absolute Gasteiger partial charge is 0.0640 e. The molecule has 3 aromatic heterocycles. The number of rotatable bonds is 27. The number of thiophene rings is 2. The third-order valence-electron chi connectivity index (χ3n) is 15.6. The number of hydrogen-bond donors (Lipinski definition) is 0. The quantitative estimate of drug-likeness (QED) is 0.0465. The number of aryl methyl sites for hydroxylation is 3. The topological polar surface area (TPSA) is 4.93 Å². The molecule has 3 heterocycles. The molecular formula is C56H81NS2. The van der Waals surface area contributed by atoms with Crippen molar-refractivity contribution < 1.29 is 0 Å². The van der Waals surface area contributed by atoms with Gasteiger partial charge in [-0.15, -0.1) is 22.7 Å². The standard InChI is InChI=1S/C56H81NS2/c1-8-15-17-19-21-23-25-27-29-31-33-41-39-48-52(57(41)14-7)51-54(59-48)50-44-35-37-45-49(43(44)36-38-46(50)56(51,12-5)13-6)53-47(55(45,10-3)11-4)40-42(58-53)34-32-30-28-26-24-22-20-18-16-9-2/h35-40H,8-34H2,1-7H3. The molecule has 0 amide bonds. The van der Waals surface area contributed by atoms with Crippen LogP contribution in [0.1, 0.15) is 235 Å². The molecule has 0 spiro atoms. The zero-order valence-corrected chi connectivity index (χ0v) is 40.5. The van der Waals surface area contributed by atoms with Crippen molar-refractivity contribution in [2.24, 2.45) is 0 Å². The van der Waals surface area contributed by atoms with Gasteiger partial charge in [-0.25, -0.2) is 0 Å². The third kappa shape index (κ3) is 8.45. The number of fused-ring (bicyclic) bond motifs is 11. The van der Waals surface area contributed by atoms with Crippen LogP contribution in [0.3, 0.4) is 0 Å². The van der Waals surface area contributed by atoms with Crippen LogP contribution in [0.25, 0.3) is 41.9 Å². The fourth-order valence-electron chi connectivity index (χ4n) is 12.0. The molecule has 0 radical (unpaired) electrons. The Hall–Kier alpha value is -2.36. The zero-order chi connectivity index (χ0) is 41.4. The molecule has 0 saturated heterocycles. The van der Waals surface area contributed by atoms with Gasteiger partial charge >= 0.3 is 0 Å². The Kier molecular flexibility index (Phi) is 15.7. The maximum Gasteiger partial charge on any atom is 0.0640 e. The number of nitrogens with zero attached hydrogens (tertiary/aromatic N) is 1. The number of unbranched alkanes of at least 4 members (excludes halogenated alkanes) is 18. The Bertz CT molecular complexity index is 2110. The minimum Gasteiger partial charge on any atom is -0.344 e. The first-order valence-corrected chi connectivity index (χ1v) is 27.0. The van der Waals surface area contributed by atoms with Crippen LogP contribution in [-0.4, -0.2) is 4.57 Å². The molecule has 0 fully saturated rings. The Balaban J connectivity index is 1.15. The van der Waals surface area contributed by atoms with Crippen molar-refractivity contribution in [3.63, 3.8) is 0 Å². The van der Waals surface area contributed by atoms with Crippen LogP contribution in [-0.2, 0) is 30.2 Å². The second-order valence-electron chi connectivity index (χ2n) is 18.9. The highest BCUT2D eigenvalue weighted by molar-refractivity contribution is 7.22. The predicted octanol–water partition coefficient (Wildman–Crippen LogP) is 19.0. The van der Waals surface area contributed by atoms with Gasteiger partial charge < -0.3 is 4.57 Å². The molecule has 2 aliphatic rings. The van der Waals surface area contributed by atoms with Crippen LogP contribution >= 0.6 is 22.7 Å². The molecule has 0 aliphatic heterocycles. The summed E-state index contributed by atoms with van der Waals surface area (Å²) in [4.78, 5) is 4.80. The van der Waals surface area contributed by atoms with Crippen molar-refractivity contribution in [2.45, 2.75) is 233 Å². The van der Waals surface area contributed by atoms with E-state index >= 15 is 0 Å². The van der Waals surface area contributed by atoms with Gasteiger partial charge in [-0.05, 0) is 97.9 Å². The number of aromatic nitrogens is 1. The van der Waals surface area contributed by atoms with Crippen molar-refractivity contribution in [1.29, 1.82) is 0 Å². The lowest BCUT2D eigenvalue weighted by Gasteiger charge is -2.30. The highest BCUT2D eigenvalue weighted by atomic mass is 32.1. The van der Waals surface area contributed by atoms with Crippen molar-refractivity contribution in [1.82, 2.24) is 4.57 Å². The Labute approximate surface area is 369 Å². The summed E-state index contributed by atoms with van der Waals surface area (Å²) in [6, 6.07) is 15.6. The van der Waals surface area contributed by atoms with E-state index in [-0.39, 0.29) is 10.8 Å². The second-order valence-corrected chi connectivity index (χ2v) is 21.1. The van der Waals surface area contributed by atoms with Crippen LogP contribution in [0.4, 0.5) is 0 Å². The zero-order valence-electron chi connectivity index (χ0n) is 38.8. The van der Waals surface area contributed by atoms with Crippen molar-refractivity contribution in [3.8, 4) is 20.9 Å². The molecule has 3 heteroatoms. The first kappa shape index (κ1) is 44.7. The minimum absolute atomic E-state index is 0.0721. The summed E-state index contributed by atoms with van der Waals surface area (Å²) in [6.07, 6.45) is 35.2. The van der Waals surface area contributed by atoms with E-state index in [1.807, 2.05) is 0 Å². The van der Waals surface area contributed by atoms with Crippen molar-refractivity contribution >= 4 is 43.7 Å². The summed E-state index contributed by atoms with van der Waals surface area (Å²) >= 11 is 4.26. The molecule has 2 aliphatic carbocycles. The van der Waals surface area contributed by atoms with Gasteiger partial charge in [0, 0.05) is 54.4 Å². The average Bonchev–Trinajstić information content (AvgIpc) is 4.04. The van der Waals surface area contributed by atoms with E-state index in [1.54, 1.807) is 59.2 Å².